The van der Waals surface area contributed by atoms with E-state index in [0.717, 1.165) is 63.4 Å². The lowest BCUT2D eigenvalue weighted by Crippen LogP contribution is -2.43. The maximum absolute atomic E-state index is 14.9. The minimum absolute atomic E-state index is 0.00778. The van der Waals surface area contributed by atoms with Crippen LogP contribution in [-0.4, -0.2) is 70.7 Å². The standard InChI is InChI=1S/C45H49N5O3/c1-30-22-32-14-10-13-17-36(32)29-50(30)45(53)41-24-37-28-49(43(51)25-33-15-11-12-16-35(33)27-46(3)4)21-20-34(37)23-40(41)42-26-39(31(2)47(42)5)44(52)48(6)38-18-8-7-9-19-38/h7-19,23-24,26,30H,20-22,25,27-29H2,1-6H3/t30-/m1/s1. The summed E-state index contributed by atoms with van der Waals surface area (Å²) in [5, 5.41) is 0. The smallest absolute Gasteiger partial charge is 0.259 e. The molecule has 3 heterocycles. The highest BCUT2D eigenvalue weighted by Crippen LogP contribution is 2.36. The van der Waals surface area contributed by atoms with Crippen LogP contribution >= 0.6 is 0 Å². The first-order valence-electron chi connectivity index (χ1n) is 18.5. The van der Waals surface area contributed by atoms with Gasteiger partial charge in [-0.15, -0.1) is 0 Å². The number of amides is 3. The number of hydrogen-bond donors (Lipinski definition) is 0. The van der Waals surface area contributed by atoms with Gasteiger partial charge < -0.3 is 24.2 Å². The van der Waals surface area contributed by atoms with E-state index in [9.17, 15) is 14.4 Å². The summed E-state index contributed by atoms with van der Waals surface area (Å²) in [7, 11) is 7.83. The van der Waals surface area contributed by atoms with Gasteiger partial charge in [0.25, 0.3) is 11.8 Å². The maximum Gasteiger partial charge on any atom is 0.259 e. The van der Waals surface area contributed by atoms with E-state index in [1.807, 2.05) is 109 Å². The summed E-state index contributed by atoms with van der Waals surface area (Å²) in [6.07, 6.45) is 1.81. The molecule has 1 aromatic heterocycles. The van der Waals surface area contributed by atoms with Crippen molar-refractivity contribution < 1.29 is 14.4 Å². The van der Waals surface area contributed by atoms with Gasteiger partial charge in [-0.25, -0.2) is 0 Å². The van der Waals surface area contributed by atoms with E-state index in [1.54, 1.807) is 11.9 Å². The Balaban J connectivity index is 1.26. The van der Waals surface area contributed by atoms with Crippen LogP contribution in [0.25, 0.3) is 11.3 Å². The van der Waals surface area contributed by atoms with Gasteiger partial charge in [0.2, 0.25) is 5.91 Å². The fourth-order valence-electron chi connectivity index (χ4n) is 7.94. The zero-order valence-corrected chi connectivity index (χ0v) is 31.7. The fraction of sp³-hybridized carbons (Fsp3) is 0.311. The molecule has 0 unspecified atom stereocenters. The lowest BCUT2D eigenvalue weighted by Gasteiger charge is -2.36. The van der Waals surface area contributed by atoms with E-state index >= 15 is 0 Å². The summed E-state index contributed by atoms with van der Waals surface area (Å²) in [6, 6.07) is 32.3. The molecule has 8 heteroatoms. The van der Waals surface area contributed by atoms with E-state index in [1.165, 1.54) is 5.56 Å². The van der Waals surface area contributed by atoms with Gasteiger partial charge in [-0.1, -0.05) is 66.7 Å². The molecular weight excluding hydrogens is 659 g/mol. The second kappa shape index (κ2) is 14.9. The van der Waals surface area contributed by atoms with Gasteiger partial charge in [-0.05, 0) is 104 Å². The molecule has 0 aliphatic carbocycles. The van der Waals surface area contributed by atoms with Gasteiger partial charge >= 0.3 is 0 Å². The SMILES string of the molecule is Cc1c(C(=O)N(C)c2ccccc2)cc(-c2cc3c(cc2C(=O)N2Cc4ccccc4C[C@H]2C)CN(C(=O)Cc2ccccc2CN(C)C)CC3)n1C. The van der Waals surface area contributed by atoms with Gasteiger partial charge in [0.05, 0.1) is 12.0 Å². The molecular formula is C45H49N5O3. The minimum atomic E-state index is -0.107. The number of hydrogen-bond acceptors (Lipinski definition) is 4. The molecule has 2 aliphatic heterocycles. The van der Waals surface area contributed by atoms with Crippen LogP contribution in [0, 0.1) is 6.92 Å². The van der Waals surface area contributed by atoms with Crippen molar-refractivity contribution in [2.45, 2.75) is 58.8 Å². The van der Waals surface area contributed by atoms with Gasteiger partial charge in [-0.2, -0.15) is 0 Å². The molecule has 53 heavy (non-hydrogen) atoms. The average Bonchev–Trinajstić information content (AvgIpc) is 3.46. The average molecular weight is 708 g/mol. The van der Waals surface area contributed by atoms with Crippen molar-refractivity contribution in [1.29, 1.82) is 0 Å². The molecule has 1 atom stereocenters. The second-order valence-corrected chi connectivity index (χ2v) is 15.0. The molecule has 0 N–H and O–H groups in total. The summed E-state index contributed by atoms with van der Waals surface area (Å²) in [6.45, 7) is 6.42. The van der Waals surface area contributed by atoms with Crippen LogP contribution in [0.15, 0.2) is 97.1 Å². The summed E-state index contributed by atoms with van der Waals surface area (Å²) >= 11 is 0. The first-order chi connectivity index (χ1) is 25.5. The van der Waals surface area contributed by atoms with Gasteiger partial charge in [-0.3, -0.25) is 14.4 Å². The van der Waals surface area contributed by atoms with Crippen LogP contribution in [0.4, 0.5) is 5.69 Å². The Hall–Kier alpha value is -5.47. The molecule has 3 amide bonds. The van der Waals surface area contributed by atoms with Crippen LogP contribution in [0.1, 0.15) is 66.7 Å². The monoisotopic (exact) mass is 707 g/mol. The highest BCUT2D eigenvalue weighted by molar-refractivity contribution is 6.08. The number of fused-ring (bicyclic) bond motifs is 2. The normalized spacial score (nSPS) is 15.3. The fourth-order valence-corrected chi connectivity index (χ4v) is 7.94. The molecule has 0 bridgehead atoms. The quantitative estimate of drug-likeness (QED) is 0.173. The lowest BCUT2D eigenvalue weighted by molar-refractivity contribution is -0.131. The van der Waals surface area contributed by atoms with Crippen LogP contribution in [-0.2, 0) is 50.7 Å². The Labute approximate surface area is 313 Å². The van der Waals surface area contributed by atoms with E-state index < -0.39 is 0 Å². The molecule has 0 radical (unpaired) electrons. The molecule has 0 saturated heterocycles. The molecule has 0 saturated carbocycles. The Morgan fingerprint density at radius 3 is 2.17 bits per heavy atom. The van der Waals surface area contributed by atoms with E-state index in [4.69, 9.17) is 0 Å². The van der Waals surface area contributed by atoms with Crippen molar-refractivity contribution in [2.24, 2.45) is 7.05 Å². The second-order valence-electron chi connectivity index (χ2n) is 15.0. The Bertz CT molecular complexity index is 2190. The van der Waals surface area contributed by atoms with Crippen LogP contribution in [0.3, 0.4) is 0 Å². The Morgan fingerprint density at radius 2 is 1.43 bits per heavy atom. The maximum atomic E-state index is 14.9. The molecule has 0 spiro atoms. The summed E-state index contributed by atoms with van der Waals surface area (Å²) < 4.78 is 2.03. The zero-order chi connectivity index (χ0) is 37.4. The number of aromatic nitrogens is 1. The van der Waals surface area contributed by atoms with Crippen molar-refractivity contribution in [1.82, 2.24) is 19.3 Å². The summed E-state index contributed by atoms with van der Waals surface area (Å²) in [5.74, 6) is -0.0632. The molecule has 272 valence electrons. The first-order valence-corrected chi connectivity index (χ1v) is 18.5. The van der Waals surface area contributed by atoms with Crippen molar-refractivity contribution in [3.63, 3.8) is 0 Å². The third kappa shape index (κ3) is 7.16. The molecule has 2 aliphatic rings. The largest absolute Gasteiger partial charge is 0.347 e. The number of carbonyl (C=O) groups is 3. The van der Waals surface area contributed by atoms with Crippen LogP contribution in [0.5, 0.6) is 0 Å². The molecule has 4 aromatic carbocycles. The lowest BCUT2D eigenvalue weighted by atomic mass is 9.89. The third-order valence-electron chi connectivity index (χ3n) is 11.1. The number of carbonyl (C=O) groups excluding carboxylic acids is 3. The summed E-state index contributed by atoms with van der Waals surface area (Å²) in [4.78, 5) is 50.3. The number of nitrogens with zero attached hydrogens (tertiary/aromatic N) is 5. The van der Waals surface area contributed by atoms with Crippen LogP contribution in [0.2, 0.25) is 0 Å². The number of rotatable bonds is 8. The van der Waals surface area contributed by atoms with E-state index in [-0.39, 0.29) is 23.8 Å². The number of para-hydroxylation sites is 1. The number of benzene rings is 4. The topological polar surface area (TPSA) is 69.1 Å². The van der Waals surface area contributed by atoms with Crippen molar-refractivity contribution >= 4 is 23.4 Å². The van der Waals surface area contributed by atoms with E-state index in [2.05, 4.69) is 42.2 Å². The molecule has 0 fully saturated rings. The van der Waals surface area contributed by atoms with Crippen molar-refractivity contribution in [3.8, 4) is 11.3 Å². The predicted molar refractivity (Wildman–Crippen MR) is 211 cm³/mol. The Morgan fingerprint density at radius 1 is 0.755 bits per heavy atom. The minimum Gasteiger partial charge on any atom is -0.347 e. The summed E-state index contributed by atoms with van der Waals surface area (Å²) in [5.41, 5.74) is 11.2. The van der Waals surface area contributed by atoms with Gasteiger partial charge in [0.1, 0.15) is 0 Å². The van der Waals surface area contributed by atoms with Crippen LogP contribution < -0.4 is 4.90 Å². The Kier molecular flexibility index (Phi) is 10.1. The molecule has 8 nitrogen and oxygen atoms in total. The zero-order valence-electron chi connectivity index (χ0n) is 31.7. The first kappa shape index (κ1) is 35.9. The number of anilines is 1. The molecule has 5 aromatic rings. The van der Waals surface area contributed by atoms with Crippen molar-refractivity contribution in [2.75, 3.05) is 32.6 Å². The highest BCUT2D eigenvalue weighted by Gasteiger charge is 2.32. The van der Waals surface area contributed by atoms with E-state index in [0.29, 0.717) is 43.6 Å². The molecule has 7 rings (SSSR count). The van der Waals surface area contributed by atoms with Crippen molar-refractivity contribution in [3.05, 3.63) is 147 Å². The van der Waals surface area contributed by atoms with Gasteiger partial charge in [0, 0.05) is 74.5 Å². The highest BCUT2D eigenvalue weighted by atomic mass is 16.2. The third-order valence-corrected chi connectivity index (χ3v) is 11.1. The predicted octanol–water partition coefficient (Wildman–Crippen LogP) is 7.05. The van der Waals surface area contributed by atoms with Gasteiger partial charge in [0.15, 0.2) is 0 Å².